The number of guanidine groups is 1. The molecule has 1 aromatic carbocycles. The Hall–Kier alpha value is -1.46. The first kappa shape index (κ1) is 19.3. The molecule has 1 saturated heterocycles. The van der Waals surface area contributed by atoms with Crippen LogP contribution in [0, 0.1) is 5.92 Å². The fraction of sp³-hybridized carbons (Fsp3) is 0.650. The Morgan fingerprint density at radius 1 is 1.31 bits per heavy atom. The van der Waals surface area contributed by atoms with E-state index in [1.807, 2.05) is 18.2 Å². The zero-order valence-corrected chi connectivity index (χ0v) is 16.7. The zero-order chi connectivity index (χ0) is 18.4. The number of benzene rings is 1. The summed E-state index contributed by atoms with van der Waals surface area (Å²) in [4.78, 5) is 7.45. The van der Waals surface area contributed by atoms with Gasteiger partial charge in [-0.05, 0) is 62.8 Å². The van der Waals surface area contributed by atoms with E-state index in [2.05, 4.69) is 22.5 Å². The maximum absolute atomic E-state index is 6.32. The number of ether oxygens (including phenoxy) is 1. The van der Waals surface area contributed by atoms with Crippen LogP contribution in [0.4, 0.5) is 0 Å². The van der Waals surface area contributed by atoms with Crippen molar-refractivity contribution < 1.29 is 4.74 Å². The van der Waals surface area contributed by atoms with Gasteiger partial charge in [-0.25, -0.2) is 0 Å². The number of hydrogen-bond donors (Lipinski definition) is 2. The molecule has 1 aliphatic carbocycles. The van der Waals surface area contributed by atoms with E-state index in [-0.39, 0.29) is 0 Å². The van der Waals surface area contributed by atoms with Crippen molar-refractivity contribution in [3.05, 3.63) is 28.8 Å². The summed E-state index contributed by atoms with van der Waals surface area (Å²) in [6.07, 6.45) is 4.93. The summed E-state index contributed by atoms with van der Waals surface area (Å²) in [5, 5.41) is 7.52. The standard InChI is InChI=1S/C20H31ClN4O/c1-3-22-20(24-13-15-9-11-25(14-15)17-5-6-17)23-10-8-16-4-7-18(26-2)12-19(16)21/h4,7,12,15,17H,3,5-6,8-11,13-14H2,1-2H3,(H2,22,23,24). The van der Waals surface area contributed by atoms with Gasteiger partial charge in [-0.15, -0.1) is 0 Å². The lowest BCUT2D eigenvalue weighted by Gasteiger charge is -2.15. The minimum absolute atomic E-state index is 0.696. The lowest BCUT2D eigenvalue weighted by molar-refractivity contribution is 0.315. The molecule has 144 valence electrons. The Morgan fingerprint density at radius 3 is 2.85 bits per heavy atom. The first-order valence-corrected chi connectivity index (χ1v) is 10.2. The highest BCUT2D eigenvalue weighted by Gasteiger charge is 2.34. The van der Waals surface area contributed by atoms with Crippen molar-refractivity contribution in [1.29, 1.82) is 0 Å². The van der Waals surface area contributed by atoms with Crippen molar-refractivity contribution in [2.45, 2.75) is 38.6 Å². The quantitative estimate of drug-likeness (QED) is 0.539. The SMILES string of the molecule is CCNC(=NCC1CCN(C2CC2)C1)NCCc1ccc(OC)cc1Cl. The van der Waals surface area contributed by atoms with E-state index in [0.29, 0.717) is 5.92 Å². The molecular weight excluding hydrogens is 348 g/mol. The summed E-state index contributed by atoms with van der Waals surface area (Å²) in [5.74, 6) is 2.39. The third-order valence-corrected chi connectivity index (χ3v) is 5.53. The van der Waals surface area contributed by atoms with Crippen LogP contribution in [0.2, 0.25) is 5.02 Å². The van der Waals surface area contributed by atoms with E-state index >= 15 is 0 Å². The van der Waals surface area contributed by atoms with Gasteiger partial charge < -0.3 is 20.3 Å². The number of methoxy groups -OCH3 is 1. The molecule has 0 aromatic heterocycles. The van der Waals surface area contributed by atoms with Crippen LogP contribution in [0.15, 0.2) is 23.2 Å². The fourth-order valence-electron chi connectivity index (χ4n) is 3.52. The first-order chi connectivity index (χ1) is 12.7. The van der Waals surface area contributed by atoms with Crippen LogP contribution in [0.5, 0.6) is 5.75 Å². The summed E-state index contributed by atoms with van der Waals surface area (Å²) >= 11 is 6.32. The molecule has 1 unspecified atom stereocenters. The van der Waals surface area contributed by atoms with Gasteiger partial charge in [0.2, 0.25) is 0 Å². The number of likely N-dealkylation sites (tertiary alicyclic amines) is 1. The van der Waals surface area contributed by atoms with Crippen LogP contribution in [0.3, 0.4) is 0 Å². The van der Waals surface area contributed by atoms with Crippen LogP contribution in [-0.2, 0) is 6.42 Å². The number of nitrogens with zero attached hydrogens (tertiary/aromatic N) is 2. The Kier molecular flexibility index (Phi) is 7.03. The summed E-state index contributed by atoms with van der Waals surface area (Å²) in [6.45, 7) is 7.15. The molecule has 0 spiro atoms. The van der Waals surface area contributed by atoms with E-state index < -0.39 is 0 Å². The van der Waals surface area contributed by atoms with Gasteiger partial charge in [0.25, 0.3) is 0 Å². The predicted octanol–water partition coefficient (Wildman–Crippen LogP) is 2.93. The van der Waals surface area contributed by atoms with E-state index in [9.17, 15) is 0 Å². The second kappa shape index (κ2) is 9.47. The third kappa shape index (κ3) is 5.52. The van der Waals surface area contributed by atoms with Crippen LogP contribution in [0.25, 0.3) is 0 Å². The van der Waals surface area contributed by atoms with Gasteiger partial charge in [-0.2, -0.15) is 0 Å². The molecule has 6 heteroatoms. The Balaban J connectivity index is 1.45. The number of aliphatic imine (C=N–C) groups is 1. The van der Waals surface area contributed by atoms with E-state index in [0.717, 1.165) is 54.4 Å². The molecule has 1 atom stereocenters. The van der Waals surface area contributed by atoms with Gasteiger partial charge in [0, 0.05) is 37.2 Å². The summed E-state index contributed by atoms with van der Waals surface area (Å²) < 4.78 is 5.20. The molecule has 0 radical (unpaired) electrons. The monoisotopic (exact) mass is 378 g/mol. The zero-order valence-electron chi connectivity index (χ0n) is 15.9. The Bertz CT molecular complexity index is 618. The van der Waals surface area contributed by atoms with Gasteiger partial charge in [0.15, 0.2) is 5.96 Å². The highest BCUT2D eigenvalue weighted by Crippen LogP contribution is 2.31. The van der Waals surface area contributed by atoms with Crippen molar-refractivity contribution in [2.75, 3.05) is 39.8 Å². The van der Waals surface area contributed by atoms with Crippen molar-refractivity contribution in [3.63, 3.8) is 0 Å². The molecule has 1 heterocycles. The van der Waals surface area contributed by atoms with Crippen LogP contribution < -0.4 is 15.4 Å². The predicted molar refractivity (Wildman–Crippen MR) is 108 cm³/mol. The van der Waals surface area contributed by atoms with Gasteiger partial charge >= 0.3 is 0 Å². The highest BCUT2D eigenvalue weighted by molar-refractivity contribution is 6.31. The van der Waals surface area contributed by atoms with E-state index in [4.69, 9.17) is 21.3 Å². The maximum atomic E-state index is 6.32. The van der Waals surface area contributed by atoms with Crippen LogP contribution in [-0.4, -0.2) is 56.7 Å². The second-order valence-corrected chi connectivity index (χ2v) is 7.64. The molecule has 0 bridgehead atoms. The Morgan fingerprint density at radius 2 is 2.15 bits per heavy atom. The number of rotatable bonds is 8. The number of halogens is 1. The molecule has 1 aromatic rings. The second-order valence-electron chi connectivity index (χ2n) is 7.23. The summed E-state index contributed by atoms with van der Waals surface area (Å²) in [6, 6.07) is 6.72. The van der Waals surface area contributed by atoms with Crippen molar-refractivity contribution in [2.24, 2.45) is 10.9 Å². The van der Waals surface area contributed by atoms with E-state index in [1.54, 1.807) is 7.11 Å². The lowest BCUT2D eigenvalue weighted by Crippen LogP contribution is -2.38. The largest absolute Gasteiger partial charge is 0.497 e. The van der Waals surface area contributed by atoms with E-state index in [1.165, 1.54) is 32.4 Å². The summed E-state index contributed by atoms with van der Waals surface area (Å²) in [5.41, 5.74) is 1.12. The van der Waals surface area contributed by atoms with Crippen molar-refractivity contribution in [3.8, 4) is 5.75 Å². The maximum Gasteiger partial charge on any atom is 0.191 e. The smallest absolute Gasteiger partial charge is 0.191 e. The minimum Gasteiger partial charge on any atom is -0.497 e. The van der Waals surface area contributed by atoms with Gasteiger partial charge in [0.05, 0.1) is 7.11 Å². The molecule has 0 amide bonds. The number of nitrogens with one attached hydrogen (secondary N) is 2. The fourth-order valence-corrected chi connectivity index (χ4v) is 3.78. The molecule has 2 fully saturated rings. The summed E-state index contributed by atoms with van der Waals surface area (Å²) in [7, 11) is 1.65. The topological polar surface area (TPSA) is 48.9 Å². The molecule has 2 aliphatic rings. The molecule has 2 N–H and O–H groups in total. The van der Waals surface area contributed by atoms with Gasteiger partial charge in [0.1, 0.15) is 5.75 Å². The third-order valence-electron chi connectivity index (χ3n) is 5.18. The minimum atomic E-state index is 0.696. The average Bonchev–Trinajstić information content (AvgIpc) is 3.39. The molecule has 1 saturated carbocycles. The normalized spacial score (nSPS) is 21.0. The lowest BCUT2D eigenvalue weighted by atomic mass is 10.1. The van der Waals surface area contributed by atoms with Crippen molar-refractivity contribution in [1.82, 2.24) is 15.5 Å². The average molecular weight is 379 g/mol. The van der Waals surface area contributed by atoms with Crippen molar-refractivity contribution >= 4 is 17.6 Å². The Labute approximate surface area is 162 Å². The molecule has 5 nitrogen and oxygen atoms in total. The molecule has 1 aliphatic heterocycles. The molecule has 3 rings (SSSR count). The highest BCUT2D eigenvalue weighted by atomic mass is 35.5. The van der Waals surface area contributed by atoms with Crippen LogP contribution >= 0.6 is 11.6 Å². The van der Waals surface area contributed by atoms with Gasteiger partial charge in [-0.3, -0.25) is 4.99 Å². The van der Waals surface area contributed by atoms with Gasteiger partial charge in [-0.1, -0.05) is 17.7 Å². The number of hydrogen-bond acceptors (Lipinski definition) is 3. The van der Waals surface area contributed by atoms with Crippen LogP contribution in [0.1, 0.15) is 31.7 Å². The molecular formula is C20H31ClN4O. The first-order valence-electron chi connectivity index (χ1n) is 9.78. The molecule has 26 heavy (non-hydrogen) atoms.